The van der Waals surface area contributed by atoms with Gasteiger partial charge in [0.1, 0.15) is 17.5 Å². The van der Waals surface area contributed by atoms with Crippen molar-refractivity contribution in [2.45, 2.75) is 106 Å². The summed E-state index contributed by atoms with van der Waals surface area (Å²) in [6.45, 7) is 4.85. The lowest BCUT2D eigenvalue weighted by atomic mass is 9.46. The monoisotopic (exact) mass is 624 g/mol. The second kappa shape index (κ2) is 7.18. The number of aliphatic hydroxyl groups is 1. The number of carbonyl (C=O) groups is 4. The van der Waals surface area contributed by atoms with E-state index in [-0.39, 0.29) is 45.1 Å². The van der Waals surface area contributed by atoms with Gasteiger partial charge in [0, 0.05) is 18.8 Å². The Kier molecular flexibility index (Phi) is 4.56. The highest BCUT2D eigenvalue weighted by Crippen LogP contribution is 2.77. The van der Waals surface area contributed by atoms with E-state index < -0.39 is 115 Å². The van der Waals surface area contributed by atoms with E-state index in [2.05, 4.69) is 0 Å². The number of carbonyl (C=O) groups excluding carboxylic acids is 4. The van der Waals surface area contributed by atoms with E-state index >= 15 is 4.79 Å². The molecule has 3 saturated carbocycles. The lowest BCUT2D eigenvalue weighted by Crippen LogP contribution is -2.79. The zero-order valence-electron chi connectivity index (χ0n) is 23.7. The lowest BCUT2D eigenvalue weighted by Gasteiger charge is -2.63. The van der Waals surface area contributed by atoms with Crippen molar-refractivity contribution in [2.75, 3.05) is 6.61 Å². The van der Waals surface area contributed by atoms with Crippen molar-refractivity contribution in [3.05, 3.63) is 0 Å². The third-order valence-electron chi connectivity index (χ3n) is 13.5. The van der Waals surface area contributed by atoms with E-state index in [9.17, 15) is 32.5 Å². The summed E-state index contributed by atoms with van der Waals surface area (Å²) in [6.07, 6.45) is -2.76. The van der Waals surface area contributed by atoms with Crippen molar-refractivity contribution in [2.24, 2.45) is 34.5 Å². The molecule has 3 aliphatic carbocycles. The van der Waals surface area contributed by atoms with Crippen LogP contribution in [0.3, 0.4) is 0 Å². The summed E-state index contributed by atoms with van der Waals surface area (Å²) in [5.74, 6) is -7.97. The number of rotatable bonds is 2. The van der Waals surface area contributed by atoms with E-state index in [4.69, 9.17) is 27.9 Å². The van der Waals surface area contributed by atoms with Crippen LogP contribution in [-0.4, -0.2) is 94.7 Å². The summed E-state index contributed by atoms with van der Waals surface area (Å²) in [5, 5.41) is 12.5. The summed E-state index contributed by atoms with van der Waals surface area (Å²) < 4.78 is 68.5. The average Bonchev–Trinajstić information content (AvgIpc) is 3.48. The molecule has 6 heterocycles. The maximum Gasteiger partial charge on any atom is 0.397 e. The van der Waals surface area contributed by atoms with Crippen LogP contribution in [0.15, 0.2) is 0 Å². The number of Topliss-reactive ketones (excluding diaryl/α,β-unsaturated/α-hetero) is 2. The predicted octanol–water partition coefficient (Wildman–Crippen LogP) is -0.210. The molecule has 2 N–H and O–H groups in total. The van der Waals surface area contributed by atoms with Crippen LogP contribution in [0.5, 0.6) is 0 Å². The minimum Gasteiger partial charge on any atom is -0.458 e. The minimum absolute atomic E-state index is 0.00378. The van der Waals surface area contributed by atoms with Crippen LogP contribution in [0.2, 0.25) is 0 Å². The van der Waals surface area contributed by atoms with Crippen molar-refractivity contribution in [3.63, 3.8) is 0 Å². The van der Waals surface area contributed by atoms with Gasteiger partial charge in [0.2, 0.25) is 5.79 Å². The van der Waals surface area contributed by atoms with E-state index in [1.54, 1.807) is 20.8 Å². The molecule has 6 saturated heterocycles. The smallest absolute Gasteiger partial charge is 0.397 e. The predicted molar refractivity (Wildman–Crippen MR) is 134 cm³/mol. The van der Waals surface area contributed by atoms with Crippen LogP contribution >= 0.6 is 0 Å². The Hall–Kier alpha value is -2.01. The highest BCUT2D eigenvalue weighted by atomic mass is 32.3. The maximum atomic E-state index is 15.0. The number of epoxide rings is 1. The Bertz CT molecular complexity index is 1580. The molecule has 43 heavy (non-hydrogen) atoms. The second-order valence-corrected chi connectivity index (χ2v) is 15.9. The van der Waals surface area contributed by atoms with Gasteiger partial charge in [-0.25, -0.2) is 8.98 Å². The van der Waals surface area contributed by atoms with Crippen LogP contribution in [-0.2, 0) is 57.4 Å². The second-order valence-electron chi connectivity index (χ2n) is 14.8. The summed E-state index contributed by atoms with van der Waals surface area (Å²) in [6, 6.07) is 0. The zero-order valence-corrected chi connectivity index (χ0v) is 24.5. The van der Waals surface area contributed by atoms with E-state index in [0.717, 1.165) is 0 Å². The molecule has 6 aliphatic heterocycles. The topological polar surface area (TPSA) is 202 Å². The molecular weight excluding hydrogens is 592 g/mol. The first kappa shape index (κ1) is 27.3. The average molecular weight is 625 g/mol. The van der Waals surface area contributed by atoms with Crippen LogP contribution in [0, 0.1) is 34.5 Å². The van der Waals surface area contributed by atoms with Crippen LogP contribution in [0.4, 0.5) is 0 Å². The van der Waals surface area contributed by atoms with E-state index in [1.807, 2.05) is 0 Å². The molecule has 5 bridgehead atoms. The molecule has 14 atom stereocenters. The third-order valence-corrected chi connectivity index (χ3v) is 14.0. The minimum atomic E-state index is -4.84. The number of hydrogen-bond donors (Lipinski definition) is 2. The van der Waals surface area contributed by atoms with Gasteiger partial charge in [-0.05, 0) is 50.9 Å². The first-order valence-corrected chi connectivity index (χ1v) is 16.2. The standard InChI is InChI=1S/C28H32O14S/c1-22-9-17-24(3)28-18(22)19(30)27(42-28,37-10-14(22)20(31)38-17)13-7-16-26(39-16)8-11(41-43(34,35)36)6-15(29)23(26,2)12(13)4-5-25(28,33)21(32)40-24/h11-14,16-18,33H,4-10H2,1-3H3,(H,34,35,36)/t11-,12-,13+,14-,16+,17+,18-,22+,23-,24-,25+,26+,27+,28-/m0/s1. The highest BCUT2D eigenvalue weighted by Gasteiger charge is 2.94. The van der Waals surface area contributed by atoms with Gasteiger partial charge in [-0.2, -0.15) is 8.42 Å². The van der Waals surface area contributed by atoms with Crippen molar-refractivity contribution in [1.29, 1.82) is 0 Å². The SMILES string of the molecule is C[C@@]12C[C@H]3OC(=O)[C@@H]1CO[C@]14O[C@]5([C@H]2C1=O)[C@@](O)(CC[C@H]1[C@H]4C[C@H]2O[C@]24C[C@@H](OS(=O)(=O)O)CC(=O)[C@]14C)C(=O)O[C@@]35C. The Morgan fingerprint density at radius 2 is 1.77 bits per heavy atom. The molecule has 9 fully saturated rings. The van der Waals surface area contributed by atoms with Gasteiger partial charge in [0.05, 0.1) is 36.1 Å². The Morgan fingerprint density at radius 1 is 1.02 bits per heavy atom. The quantitative estimate of drug-likeness (QED) is 0.232. The fourth-order valence-electron chi connectivity index (χ4n) is 11.6. The molecule has 9 rings (SSSR count). The molecule has 15 heteroatoms. The van der Waals surface area contributed by atoms with Gasteiger partial charge >= 0.3 is 22.3 Å². The van der Waals surface area contributed by atoms with Crippen molar-refractivity contribution >= 4 is 33.9 Å². The third kappa shape index (κ3) is 2.57. The van der Waals surface area contributed by atoms with Crippen molar-refractivity contribution in [1.82, 2.24) is 0 Å². The van der Waals surface area contributed by atoms with Gasteiger partial charge in [-0.15, -0.1) is 0 Å². The molecule has 3 spiro atoms. The number of ketones is 2. The van der Waals surface area contributed by atoms with Gasteiger partial charge in [-0.1, -0.05) is 6.92 Å². The highest BCUT2D eigenvalue weighted by molar-refractivity contribution is 7.80. The molecule has 0 aromatic carbocycles. The fourth-order valence-corrected chi connectivity index (χ4v) is 12.0. The van der Waals surface area contributed by atoms with Gasteiger partial charge < -0.3 is 28.8 Å². The molecule has 9 aliphatic rings. The molecular formula is C28H32O14S. The van der Waals surface area contributed by atoms with Gasteiger partial charge in [0.25, 0.3) is 0 Å². The molecule has 0 amide bonds. The number of hydrogen-bond acceptors (Lipinski definition) is 13. The molecule has 234 valence electrons. The largest absolute Gasteiger partial charge is 0.458 e. The molecule has 0 aromatic rings. The van der Waals surface area contributed by atoms with Crippen molar-refractivity contribution < 1.29 is 65.1 Å². The molecule has 14 nitrogen and oxygen atoms in total. The van der Waals surface area contributed by atoms with Crippen molar-refractivity contribution in [3.8, 4) is 0 Å². The summed E-state index contributed by atoms with van der Waals surface area (Å²) in [4.78, 5) is 56.3. The fraction of sp³-hybridized carbons (Fsp3) is 0.857. The first-order chi connectivity index (χ1) is 19.9. The number of ether oxygens (including phenoxy) is 5. The Morgan fingerprint density at radius 3 is 2.49 bits per heavy atom. The normalized spacial score (nSPS) is 60.5. The molecule has 0 unspecified atom stereocenters. The number of esters is 2. The van der Waals surface area contributed by atoms with Crippen LogP contribution in [0.1, 0.15) is 59.3 Å². The van der Waals surface area contributed by atoms with E-state index in [1.165, 1.54) is 0 Å². The van der Waals surface area contributed by atoms with Crippen LogP contribution < -0.4 is 0 Å². The Balaban J connectivity index is 1.24. The molecule has 0 radical (unpaired) electrons. The summed E-state index contributed by atoms with van der Waals surface area (Å²) in [7, 11) is -4.84. The molecule has 0 aromatic heterocycles. The first-order valence-electron chi connectivity index (χ1n) is 14.9. The lowest BCUT2D eigenvalue weighted by molar-refractivity contribution is -0.376. The maximum absolute atomic E-state index is 15.0. The van der Waals surface area contributed by atoms with E-state index in [0.29, 0.717) is 0 Å². The Labute approximate surface area is 245 Å². The van der Waals surface area contributed by atoms with Gasteiger partial charge in [-0.3, -0.25) is 18.9 Å². The summed E-state index contributed by atoms with van der Waals surface area (Å²) >= 11 is 0. The summed E-state index contributed by atoms with van der Waals surface area (Å²) in [5.41, 5.74) is -9.47. The zero-order chi connectivity index (χ0) is 30.5. The van der Waals surface area contributed by atoms with Crippen LogP contribution in [0.25, 0.3) is 0 Å². The number of fused-ring (bicyclic) bond motifs is 4. The van der Waals surface area contributed by atoms with Gasteiger partial charge in [0.15, 0.2) is 22.6 Å².